The predicted octanol–water partition coefficient (Wildman–Crippen LogP) is 9.74. The topological polar surface area (TPSA) is 51.8 Å². The molecule has 0 fully saturated rings. The van der Waals surface area contributed by atoms with Gasteiger partial charge in [0.25, 0.3) is 0 Å². The molecular weight excluding hydrogens is 747 g/mol. The second-order valence-electron chi connectivity index (χ2n) is 14.1. The third-order valence-electron chi connectivity index (χ3n) is 7.72. The molecule has 45 heavy (non-hydrogen) atoms. The Hall–Kier alpha value is -3.44. The van der Waals surface area contributed by atoms with Gasteiger partial charge in [0.15, 0.2) is 0 Å². The predicted molar refractivity (Wildman–Crippen MR) is 187 cm³/mol. The largest absolute Gasteiger partial charge is 0.486 e. The van der Waals surface area contributed by atoms with Crippen LogP contribution in [0.5, 0.6) is 0 Å². The van der Waals surface area contributed by atoms with E-state index in [2.05, 4.69) is 124 Å². The van der Waals surface area contributed by atoms with Crippen molar-refractivity contribution in [2.45, 2.75) is 73.0 Å². The van der Waals surface area contributed by atoms with Gasteiger partial charge in [-0.1, -0.05) is 77.3 Å². The van der Waals surface area contributed by atoms with E-state index in [0.29, 0.717) is 11.6 Å². The fourth-order valence-electron chi connectivity index (χ4n) is 5.37. The van der Waals surface area contributed by atoms with E-state index in [9.17, 15) is 0 Å². The second-order valence-corrected chi connectivity index (χ2v) is 19.1. The molecule has 0 amide bonds. The molecule has 0 saturated heterocycles. The molecule has 6 aromatic rings. The third kappa shape index (κ3) is 8.24. The van der Waals surface area contributed by atoms with Crippen LogP contribution in [-0.2, 0) is 31.9 Å². The van der Waals surface area contributed by atoms with Gasteiger partial charge in [0.1, 0.15) is 0 Å². The summed E-state index contributed by atoms with van der Waals surface area (Å²) in [6, 6.07) is 29.2. The maximum atomic E-state index is 5.84. The number of aryl methyl sites for hydroxylation is 1. The molecule has 4 nitrogen and oxygen atoms in total. The van der Waals surface area contributed by atoms with Crippen molar-refractivity contribution in [2.75, 3.05) is 0 Å². The number of hydrogen-bond donors (Lipinski definition) is 0. The van der Waals surface area contributed by atoms with E-state index in [4.69, 9.17) is 4.42 Å². The molecule has 0 spiro atoms. The maximum Gasteiger partial charge on any atom is 0.216 e. The quantitative estimate of drug-likeness (QED) is 0.129. The van der Waals surface area contributed by atoms with Gasteiger partial charge in [-0.15, -0.1) is 59.7 Å². The normalized spacial score (nSPS) is 11.8. The van der Waals surface area contributed by atoms with Crippen molar-refractivity contribution in [3.63, 3.8) is 0 Å². The second kappa shape index (κ2) is 13.9. The van der Waals surface area contributed by atoms with Crippen molar-refractivity contribution in [2.24, 2.45) is 5.92 Å². The summed E-state index contributed by atoms with van der Waals surface area (Å²) >= 11 is 0. The van der Waals surface area contributed by atoms with Gasteiger partial charge in [-0.3, -0.25) is 0 Å². The van der Waals surface area contributed by atoms with Crippen LogP contribution in [0.4, 0.5) is 0 Å². The Labute approximate surface area is 283 Å². The van der Waals surface area contributed by atoms with E-state index in [1.165, 1.54) is 16.3 Å². The molecule has 235 valence electrons. The molecule has 0 N–H and O–H groups in total. The summed E-state index contributed by atoms with van der Waals surface area (Å²) in [5.41, 5.74) is 9.28. The van der Waals surface area contributed by atoms with Gasteiger partial charge in [-0.25, -0.2) is 4.98 Å². The van der Waals surface area contributed by atoms with Crippen LogP contribution in [0.15, 0.2) is 83.5 Å². The van der Waals surface area contributed by atoms with Gasteiger partial charge >= 0.3 is 0 Å². The number of furan rings is 1. The number of aromatic nitrogens is 3. The molecule has 0 aliphatic heterocycles. The Balaban J connectivity index is 0.000000204. The van der Waals surface area contributed by atoms with Crippen LogP contribution in [-0.4, -0.2) is 23.0 Å². The van der Waals surface area contributed by atoms with Crippen molar-refractivity contribution in [3.8, 4) is 22.5 Å². The van der Waals surface area contributed by atoms with Gasteiger partial charge in [0, 0.05) is 43.6 Å². The average molecular weight is 790 g/mol. The molecular formula is C39H43IrN3OSi-2. The molecule has 4 aromatic heterocycles. The average Bonchev–Trinajstić information content (AvgIpc) is 3.33. The number of fused-ring (bicyclic) bond motifs is 3. The first-order valence-electron chi connectivity index (χ1n) is 15.4. The SMILES string of the molecule is CC(C)Cc1cc(-c2[c-]cccc2)ncc1[Si](C)(C)C.Cc1ccc2c(n1)oc1c[c-]c(-c3cc(C(C)(C)C)ccn3)cc12.[Ir]. The minimum Gasteiger partial charge on any atom is -0.486 e. The zero-order valence-electron chi connectivity index (χ0n) is 27.9. The summed E-state index contributed by atoms with van der Waals surface area (Å²) in [4.78, 5) is 13.7. The summed E-state index contributed by atoms with van der Waals surface area (Å²) in [6.07, 6.45) is 5.11. The molecule has 0 atom stereocenters. The van der Waals surface area contributed by atoms with Crippen LogP contribution in [0, 0.1) is 25.0 Å². The van der Waals surface area contributed by atoms with Crippen molar-refractivity contribution in [1.29, 1.82) is 0 Å². The van der Waals surface area contributed by atoms with Crippen LogP contribution in [0.25, 0.3) is 44.6 Å². The molecule has 0 saturated carbocycles. The first-order chi connectivity index (χ1) is 20.8. The number of hydrogen-bond acceptors (Lipinski definition) is 4. The Morgan fingerprint density at radius 3 is 2.29 bits per heavy atom. The summed E-state index contributed by atoms with van der Waals surface area (Å²) in [5.74, 6) is 0.667. The van der Waals surface area contributed by atoms with Crippen LogP contribution >= 0.6 is 0 Å². The molecule has 4 heterocycles. The first-order valence-corrected chi connectivity index (χ1v) is 18.9. The summed E-state index contributed by atoms with van der Waals surface area (Å²) in [7, 11) is -1.34. The van der Waals surface area contributed by atoms with Crippen LogP contribution in [0.2, 0.25) is 19.6 Å². The van der Waals surface area contributed by atoms with Crippen LogP contribution < -0.4 is 5.19 Å². The van der Waals surface area contributed by atoms with Crippen molar-refractivity contribution in [3.05, 3.63) is 108 Å². The number of rotatable bonds is 5. The standard InChI is InChI=1S/C21H19N2O.C18H24NSi.Ir/c1-13-5-7-16-17-11-14(6-8-19(17)24-20(16)23-13)18-12-15(9-10-22-18)21(2,3)4;1-14(2)11-16-12-17(15-9-7-6-8-10-15)19-13-18(16)20(3,4)5;/h5,7-12H,1-4H3;6-9,12-14H,11H2,1-5H3;/q2*-1;. The van der Waals surface area contributed by atoms with E-state index in [-0.39, 0.29) is 25.5 Å². The Morgan fingerprint density at radius 2 is 1.62 bits per heavy atom. The third-order valence-corrected chi connectivity index (χ3v) is 9.79. The van der Waals surface area contributed by atoms with Crippen molar-refractivity contribution >= 4 is 35.3 Å². The first kappa shape index (κ1) is 34.4. The van der Waals surface area contributed by atoms with Gasteiger partial charge < -0.3 is 14.4 Å². The molecule has 6 heteroatoms. The smallest absolute Gasteiger partial charge is 0.216 e. The molecule has 2 aromatic carbocycles. The van der Waals surface area contributed by atoms with Crippen LogP contribution in [0.1, 0.15) is 51.4 Å². The molecule has 6 rings (SSSR count). The van der Waals surface area contributed by atoms with E-state index >= 15 is 0 Å². The fourth-order valence-corrected chi connectivity index (χ4v) is 6.96. The summed E-state index contributed by atoms with van der Waals surface area (Å²) in [6.45, 7) is 20.3. The van der Waals surface area contributed by atoms with Crippen molar-refractivity contribution in [1.82, 2.24) is 15.0 Å². The number of pyridine rings is 3. The van der Waals surface area contributed by atoms with E-state index < -0.39 is 8.07 Å². The number of nitrogens with zero attached hydrogens (tertiary/aromatic N) is 3. The van der Waals surface area contributed by atoms with E-state index in [0.717, 1.165) is 51.0 Å². The Bertz CT molecular complexity index is 1900. The monoisotopic (exact) mass is 790 g/mol. The van der Waals surface area contributed by atoms with Gasteiger partial charge in [-0.2, -0.15) is 0 Å². The minimum atomic E-state index is -1.34. The van der Waals surface area contributed by atoms with E-state index in [1.54, 1.807) is 0 Å². The maximum absolute atomic E-state index is 5.84. The number of benzene rings is 2. The molecule has 0 bridgehead atoms. The fraction of sp³-hybridized carbons (Fsp3) is 0.308. The molecule has 1 radical (unpaired) electrons. The summed E-state index contributed by atoms with van der Waals surface area (Å²) < 4.78 is 5.84. The minimum absolute atomic E-state index is 0. The molecule has 0 aliphatic carbocycles. The Kier molecular flexibility index (Phi) is 10.6. The van der Waals surface area contributed by atoms with Gasteiger partial charge in [0.2, 0.25) is 5.71 Å². The van der Waals surface area contributed by atoms with Crippen LogP contribution in [0.3, 0.4) is 0 Å². The van der Waals surface area contributed by atoms with Crippen molar-refractivity contribution < 1.29 is 24.5 Å². The molecule has 0 unspecified atom stereocenters. The summed E-state index contributed by atoms with van der Waals surface area (Å²) in [5, 5.41) is 3.57. The van der Waals surface area contributed by atoms with Gasteiger partial charge in [-0.05, 0) is 65.0 Å². The zero-order valence-corrected chi connectivity index (χ0v) is 31.3. The molecule has 0 aliphatic rings. The van der Waals surface area contributed by atoms with E-state index in [1.807, 2.05) is 43.5 Å². The Morgan fingerprint density at radius 1 is 0.867 bits per heavy atom. The van der Waals surface area contributed by atoms with Gasteiger partial charge in [0.05, 0.1) is 13.7 Å². The zero-order chi connectivity index (χ0) is 31.6.